The van der Waals surface area contributed by atoms with Crippen molar-refractivity contribution in [2.24, 2.45) is 5.92 Å². The van der Waals surface area contributed by atoms with Crippen LogP contribution in [0.3, 0.4) is 0 Å². The Balaban J connectivity index is 2.03. The van der Waals surface area contributed by atoms with Gasteiger partial charge in [0.2, 0.25) is 0 Å². The van der Waals surface area contributed by atoms with E-state index in [4.69, 9.17) is 4.74 Å². The molecule has 2 aliphatic heterocycles. The molecule has 19 heavy (non-hydrogen) atoms. The third kappa shape index (κ3) is 2.08. The van der Waals surface area contributed by atoms with Crippen LogP contribution < -0.4 is 4.90 Å². The van der Waals surface area contributed by atoms with Crippen LogP contribution in [0.4, 0.5) is 5.69 Å². The van der Waals surface area contributed by atoms with E-state index >= 15 is 0 Å². The van der Waals surface area contributed by atoms with Crippen molar-refractivity contribution in [1.29, 1.82) is 0 Å². The van der Waals surface area contributed by atoms with E-state index in [0.717, 1.165) is 13.0 Å². The maximum atomic E-state index is 5.48. The van der Waals surface area contributed by atoms with E-state index in [-0.39, 0.29) is 5.54 Å². The summed E-state index contributed by atoms with van der Waals surface area (Å²) >= 11 is 0. The molecule has 0 saturated heterocycles. The average Bonchev–Trinajstić information content (AvgIpc) is 2.59. The van der Waals surface area contributed by atoms with Crippen molar-refractivity contribution in [3.05, 3.63) is 42.1 Å². The highest BCUT2D eigenvalue weighted by Gasteiger charge is 2.42. The van der Waals surface area contributed by atoms with Gasteiger partial charge in [0.05, 0.1) is 6.61 Å². The lowest BCUT2D eigenvalue weighted by molar-refractivity contribution is 0.102. The zero-order chi connectivity index (χ0) is 13.3. The van der Waals surface area contributed by atoms with E-state index in [9.17, 15) is 0 Å². The number of hydrogen-bond acceptors (Lipinski definition) is 2. The van der Waals surface area contributed by atoms with E-state index in [2.05, 4.69) is 48.4 Å². The highest BCUT2D eigenvalue weighted by Crippen LogP contribution is 2.44. The van der Waals surface area contributed by atoms with Crippen LogP contribution in [0.1, 0.15) is 31.7 Å². The Hall–Kier alpha value is -1.28. The molecule has 1 aromatic rings. The molecule has 0 fully saturated rings. The molecule has 0 saturated carbocycles. The summed E-state index contributed by atoms with van der Waals surface area (Å²) in [5.41, 5.74) is 3.05. The fourth-order valence-electron chi connectivity index (χ4n) is 3.64. The number of nitrogens with zero attached hydrogens (tertiary/aromatic N) is 1. The van der Waals surface area contributed by atoms with Gasteiger partial charge in [0.1, 0.15) is 0 Å². The second-order valence-electron chi connectivity index (χ2n) is 5.97. The van der Waals surface area contributed by atoms with Crippen LogP contribution in [-0.4, -0.2) is 19.3 Å². The van der Waals surface area contributed by atoms with Gasteiger partial charge in [0.15, 0.2) is 0 Å². The highest BCUT2D eigenvalue weighted by molar-refractivity contribution is 5.60. The molecule has 2 atom stereocenters. The van der Waals surface area contributed by atoms with Gasteiger partial charge in [0, 0.05) is 30.5 Å². The number of ether oxygens (including phenoxy) is 1. The number of rotatable bonds is 2. The second kappa shape index (κ2) is 5.01. The van der Waals surface area contributed by atoms with Crippen molar-refractivity contribution in [3.8, 4) is 0 Å². The van der Waals surface area contributed by atoms with Crippen LogP contribution >= 0.6 is 0 Å². The predicted octanol–water partition coefficient (Wildman–Crippen LogP) is 3.77. The van der Waals surface area contributed by atoms with E-state index < -0.39 is 0 Å². The quantitative estimate of drug-likeness (QED) is 0.799. The molecule has 3 rings (SSSR count). The third-order valence-corrected chi connectivity index (χ3v) is 4.89. The van der Waals surface area contributed by atoms with Gasteiger partial charge in [0.25, 0.3) is 0 Å². The Labute approximate surface area is 116 Å². The molecule has 102 valence electrons. The topological polar surface area (TPSA) is 12.5 Å². The summed E-state index contributed by atoms with van der Waals surface area (Å²) in [6, 6.07) is 8.82. The number of aryl methyl sites for hydroxylation is 1. The smallest absolute Gasteiger partial charge is 0.0513 e. The first-order valence-electron chi connectivity index (χ1n) is 7.28. The lowest BCUT2D eigenvalue weighted by Crippen LogP contribution is -2.52. The molecular formula is C17H23NO. The first kappa shape index (κ1) is 12.7. The first-order chi connectivity index (χ1) is 9.25. The molecule has 2 nitrogen and oxygen atoms in total. The standard InChI is InChI=1S/C17H23NO/c1-17-11-10-14-7-3-4-9-16(14)18(17)12-6-5-8-15(17)13-19-2/h3-4,6-7,9,12,15H,5,8,10-11,13H2,1-2H3. The van der Waals surface area contributed by atoms with Gasteiger partial charge in [-0.05, 0) is 44.2 Å². The largest absolute Gasteiger partial charge is 0.384 e. The molecule has 2 heteroatoms. The van der Waals surface area contributed by atoms with Crippen molar-refractivity contribution < 1.29 is 4.74 Å². The molecule has 2 heterocycles. The van der Waals surface area contributed by atoms with Crippen molar-refractivity contribution in [2.45, 2.75) is 38.1 Å². The fraction of sp³-hybridized carbons (Fsp3) is 0.529. The predicted molar refractivity (Wildman–Crippen MR) is 79.4 cm³/mol. The maximum absolute atomic E-state index is 5.48. The molecule has 2 aliphatic rings. The average molecular weight is 257 g/mol. The number of hydrogen-bond donors (Lipinski definition) is 0. The van der Waals surface area contributed by atoms with Crippen LogP contribution in [0.5, 0.6) is 0 Å². The summed E-state index contributed by atoms with van der Waals surface area (Å²) in [7, 11) is 1.82. The van der Waals surface area contributed by atoms with E-state index in [1.165, 1.54) is 30.5 Å². The molecule has 0 radical (unpaired) electrons. The molecule has 0 amide bonds. The number of methoxy groups -OCH3 is 1. The molecule has 0 aromatic heterocycles. The van der Waals surface area contributed by atoms with Crippen molar-refractivity contribution >= 4 is 5.69 Å². The Bertz CT molecular complexity index is 482. The number of benzene rings is 1. The summed E-state index contributed by atoms with van der Waals surface area (Å²) in [4.78, 5) is 2.50. The summed E-state index contributed by atoms with van der Waals surface area (Å²) in [5.74, 6) is 0.598. The minimum Gasteiger partial charge on any atom is -0.384 e. The van der Waals surface area contributed by atoms with Crippen molar-refractivity contribution in [1.82, 2.24) is 0 Å². The van der Waals surface area contributed by atoms with Gasteiger partial charge >= 0.3 is 0 Å². The SMILES string of the molecule is COCC1CCC=CN2c3ccccc3CCC12C. The number of anilines is 1. The molecular weight excluding hydrogens is 234 g/mol. The van der Waals surface area contributed by atoms with Crippen LogP contribution in [0, 0.1) is 5.92 Å². The number of para-hydroxylation sites is 1. The van der Waals surface area contributed by atoms with Gasteiger partial charge in [-0.25, -0.2) is 0 Å². The van der Waals surface area contributed by atoms with Gasteiger partial charge in [-0.3, -0.25) is 0 Å². The lowest BCUT2D eigenvalue weighted by Gasteiger charge is -2.49. The highest BCUT2D eigenvalue weighted by atomic mass is 16.5. The number of fused-ring (bicyclic) bond motifs is 3. The Morgan fingerprint density at radius 3 is 3.05 bits per heavy atom. The summed E-state index contributed by atoms with van der Waals surface area (Å²) < 4.78 is 5.48. The molecule has 2 unspecified atom stereocenters. The Kier molecular flexibility index (Phi) is 3.36. The van der Waals surface area contributed by atoms with Crippen molar-refractivity contribution in [3.63, 3.8) is 0 Å². The summed E-state index contributed by atoms with van der Waals surface area (Å²) in [6.45, 7) is 3.26. The normalized spacial score (nSPS) is 29.6. The van der Waals surface area contributed by atoms with Crippen LogP contribution in [0.15, 0.2) is 36.5 Å². The van der Waals surface area contributed by atoms with Crippen LogP contribution in [0.2, 0.25) is 0 Å². The summed E-state index contributed by atoms with van der Waals surface area (Å²) in [5, 5.41) is 0. The fourth-order valence-corrected chi connectivity index (χ4v) is 3.64. The molecule has 0 spiro atoms. The lowest BCUT2D eigenvalue weighted by atomic mass is 9.75. The monoisotopic (exact) mass is 257 g/mol. The van der Waals surface area contributed by atoms with E-state index in [1.807, 2.05) is 7.11 Å². The second-order valence-corrected chi connectivity index (χ2v) is 5.97. The molecule has 0 N–H and O–H groups in total. The molecule has 0 bridgehead atoms. The third-order valence-electron chi connectivity index (χ3n) is 4.89. The maximum Gasteiger partial charge on any atom is 0.0513 e. The van der Waals surface area contributed by atoms with Crippen molar-refractivity contribution in [2.75, 3.05) is 18.6 Å². The van der Waals surface area contributed by atoms with E-state index in [1.54, 1.807) is 0 Å². The minimum absolute atomic E-state index is 0.192. The van der Waals surface area contributed by atoms with Gasteiger partial charge in [-0.1, -0.05) is 24.3 Å². The Morgan fingerprint density at radius 1 is 1.37 bits per heavy atom. The van der Waals surface area contributed by atoms with Gasteiger partial charge in [-0.15, -0.1) is 0 Å². The first-order valence-corrected chi connectivity index (χ1v) is 7.28. The minimum atomic E-state index is 0.192. The zero-order valence-corrected chi connectivity index (χ0v) is 11.9. The number of allylic oxidation sites excluding steroid dienone is 1. The van der Waals surface area contributed by atoms with E-state index in [0.29, 0.717) is 5.92 Å². The molecule has 0 aliphatic carbocycles. The van der Waals surface area contributed by atoms with Crippen LogP contribution in [-0.2, 0) is 11.2 Å². The molecule has 1 aromatic carbocycles. The van der Waals surface area contributed by atoms with Gasteiger partial charge in [-0.2, -0.15) is 0 Å². The Morgan fingerprint density at radius 2 is 2.21 bits per heavy atom. The van der Waals surface area contributed by atoms with Gasteiger partial charge < -0.3 is 9.64 Å². The van der Waals surface area contributed by atoms with Crippen LogP contribution in [0.25, 0.3) is 0 Å². The summed E-state index contributed by atoms with van der Waals surface area (Å²) in [6.07, 6.45) is 9.38. The zero-order valence-electron chi connectivity index (χ0n) is 11.9.